The maximum atomic E-state index is 10.8. The van der Waals surface area contributed by atoms with Crippen LogP contribution in [0.1, 0.15) is 19.3 Å². The van der Waals surface area contributed by atoms with Crippen LogP contribution in [0, 0.1) is 5.92 Å². The normalized spacial score (nSPS) is 11.5. The van der Waals surface area contributed by atoms with Gasteiger partial charge in [0.15, 0.2) is 6.29 Å². The number of hydrogen-bond acceptors (Lipinski definition) is 5. The summed E-state index contributed by atoms with van der Waals surface area (Å²) in [5.74, 6) is -2.06. The Morgan fingerprint density at radius 1 is 1.36 bits per heavy atom. The Morgan fingerprint density at radius 3 is 2.43 bits per heavy atom. The van der Waals surface area contributed by atoms with Crippen LogP contribution in [0.2, 0.25) is 0 Å². The lowest BCUT2D eigenvalue weighted by molar-refractivity contribution is -0.141. The van der Waals surface area contributed by atoms with Crippen molar-refractivity contribution in [1.82, 2.24) is 0 Å². The molecule has 0 saturated carbocycles. The van der Waals surface area contributed by atoms with E-state index in [9.17, 15) is 19.2 Å². The van der Waals surface area contributed by atoms with Crippen molar-refractivity contribution in [2.45, 2.75) is 19.3 Å². The van der Waals surface area contributed by atoms with Gasteiger partial charge < -0.3 is 9.53 Å². The van der Waals surface area contributed by atoms with Gasteiger partial charge in [0.2, 0.25) is 5.78 Å². The van der Waals surface area contributed by atoms with E-state index >= 15 is 0 Å². The largest absolute Gasteiger partial charge is 0.469 e. The van der Waals surface area contributed by atoms with E-state index in [1.807, 2.05) is 0 Å². The van der Waals surface area contributed by atoms with Crippen LogP contribution in [0.5, 0.6) is 0 Å². The third kappa shape index (κ3) is 4.49. The molecule has 0 radical (unpaired) electrons. The van der Waals surface area contributed by atoms with Crippen LogP contribution in [0.4, 0.5) is 0 Å². The quantitative estimate of drug-likeness (QED) is 0.248. The highest BCUT2D eigenvalue weighted by Gasteiger charge is 2.16. The number of carbonyl (C=O) groups excluding carboxylic acids is 4. The van der Waals surface area contributed by atoms with Crippen molar-refractivity contribution in [3.05, 3.63) is 0 Å². The fourth-order valence-electron chi connectivity index (χ4n) is 0.933. The Kier molecular flexibility index (Phi) is 6.19. The van der Waals surface area contributed by atoms with Gasteiger partial charge in [-0.15, -0.1) is 0 Å². The summed E-state index contributed by atoms with van der Waals surface area (Å²) in [4.78, 5) is 41.8. The maximum Gasteiger partial charge on any atom is 0.305 e. The molecule has 0 heterocycles. The number of methoxy groups -OCH3 is 1. The summed E-state index contributed by atoms with van der Waals surface area (Å²) in [5, 5.41) is 0. The summed E-state index contributed by atoms with van der Waals surface area (Å²) in [5.41, 5.74) is 0. The fourth-order valence-corrected chi connectivity index (χ4v) is 0.933. The number of aldehydes is 2. The highest BCUT2D eigenvalue weighted by atomic mass is 16.5. The fraction of sp³-hybridized carbons (Fsp3) is 0.556. The van der Waals surface area contributed by atoms with Crippen molar-refractivity contribution in [3.63, 3.8) is 0 Å². The minimum atomic E-state index is -0.919. The topological polar surface area (TPSA) is 77.5 Å². The van der Waals surface area contributed by atoms with Crippen LogP contribution in [-0.2, 0) is 23.9 Å². The van der Waals surface area contributed by atoms with Crippen LogP contribution in [0.25, 0.3) is 0 Å². The standard InChI is InChI=1S/C9H12O5/c1-14-9(13)4-2-3-7(5-10)8(12)6-11/h5-7H,2-4H2,1H3. The van der Waals surface area contributed by atoms with Crippen molar-refractivity contribution >= 4 is 24.3 Å². The van der Waals surface area contributed by atoms with Crippen LogP contribution < -0.4 is 0 Å². The van der Waals surface area contributed by atoms with Gasteiger partial charge in [-0.05, 0) is 12.8 Å². The molecule has 0 aromatic rings. The summed E-state index contributed by atoms with van der Waals surface area (Å²) in [7, 11) is 1.26. The van der Waals surface area contributed by atoms with Gasteiger partial charge in [-0.25, -0.2) is 0 Å². The zero-order chi connectivity index (χ0) is 11.0. The van der Waals surface area contributed by atoms with Crippen molar-refractivity contribution in [2.24, 2.45) is 5.92 Å². The molecular weight excluding hydrogens is 188 g/mol. The van der Waals surface area contributed by atoms with Crippen LogP contribution >= 0.6 is 0 Å². The maximum absolute atomic E-state index is 10.8. The number of carbonyl (C=O) groups is 4. The molecular formula is C9H12O5. The number of rotatable bonds is 7. The SMILES string of the molecule is COC(=O)CCCC(C=O)C(=O)C=O. The molecule has 14 heavy (non-hydrogen) atoms. The number of esters is 1. The lowest BCUT2D eigenvalue weighted by atomic mass is 10.00. The number of ketones is 1. The molecule has 0 bridgehead atoms. The molecule has 0 amide bonds. The van der Waals surface area contributed by atoms with Gasteiger partial charge in [0, 0.05) is 6.42 Å². The Labute approximate surface area is 81.4 Å². The van der Waals surface area contributed by atoms with E-state index in [1.54, 1.807) is 0 Å². The number of Topliss-reactive ketones (excluding diaryl/α,β-unsaturated/α-hetero) is 1. The first-order chi connectivity index (χ1) is 6.65. The molecule has 0 spiro atoms. The average Bonchev–Trinajstić information content (AvgIpc) is 2.22. The lowest BCUT2D eigenvalue weighted by Crippen LogP contribution is -2.17. The van der Waals surface area contributed by atoms with Crippen LogP contribution in [0.15, 0.2) is 0 Å². The first kappa shape index (κ1) is 12.5. The second-order valence-electron chi connectivity index (χ2n) is 2.73. The summed E-state index contributed by atoms with van der Waals surface area (Å²) in [6.07, 6.45) is 1.25. The van der Waals surface area contributed by atoms with Crippen molar-refractivity contribution < 1.29 is 23.9 Å². The molecule has 5 nitrogen and oxygen atoms in total. The highest BCUT2D eigenvalue weighted by Crippen LogP contribution is 2.07. The Balaban J connectivity index is 3.85. The Morgan fingerprint density at radius 2 is 2.00 bits per heavy atom. The van der Waals surface area contributed by atoms with Gasteiger partial charge in [0.25, 0.3) is 0 Å². The number of ether oxygens (including phenoxy) is 1. The molecule has 0 aliphatic heterocycles. The highest BCUT2D eigenvalue weighted by molar-refractivity contribution is 6.29. The predicted molar refractivity (Wildman–Crippen MR) is 46.5 cm³/mol. The molecule has 0 aliphatic carbocycles. The van der Waals surface area contributed by atoms with Gasteiger partial charge >= 0.3 is 5.97 Å². The molecule has 1 unspecified atom stereocenters. The molecule has 0 aromatic heterocycles. The van der Waals surface area contributed by atoms with Gasteiger partial charge in [-0.3, -0.25) is 14.4 Å². The molecule has 0 aliphatic rings. The lowest BCUT2D eigenvalue weighted by Gasteiger charge is -2.03. The van der Waals surface area contributed by atoms with E-state index in [0.717, 1.165) is 0 Å². The smallest absolute Gasteiger partial charge is 0.305 e. The van der Waals surface area contributed by atoms with Gasteiger partial charge in [0.1, 0.15) is 6.29 Å². The molecule has 78 valence electrons. The van der Waals surface area contributed by atoms with Crippen molar-refractivity contribution in [2.75, 3.05) is 7.11 Å². The minimum Gasteiger partial charge on any atom is -0.469 e. The summed E-state index contributed by atoms with van der Waals surface area (Å²) < 4.78 is 4.37. The predicted octanol–water partition coefficient (Wildman–Crippen LogP) is -0.0872. The zero-order valence-corrected chi connectivity index (χ0v) is 7.89. The monoisotopic (exact) mass is 200 g/mol. The molecule has 5 heteroatoms. The Bertz CT molecular complexity index is 233. The van der Waals surface area contributed by atoms with E-state index < -0.39 is 17.7 Å². The minimum absolute atomic E-state index is 0.122. The van der Waals surface area contributed by atoms with E-state index in [2.05, 4.69) is 4.74 Å². The van der Waals surface area contributed by atoms with E-state index in [-0.39, 0.29) is 19.1 Å². The third-order valence-electron chi connectivity index (χ3n) is 1.77. The van der Waals surface area contributed by atoms with Crippen molar-refractivity contribution in [1.29, 1.82) is 0 Å². The molecule has 0 fully saturated rings. The molecule has 0 aromatic carbocycles. The van der Waals surface area contributed by atoms with Gasteiger partial charge in [-0.1, -0.05) is 0 Å². The van der Waals surface area contributed by atoms with Gasteiger partial charge in [-0.2, -0.15) is 0 Å². The van der Waals surface area contributed by atoms with Gasteiger partial charge in [0.05, 0.1) is 13.0 Å². The number of hydrogen-bond donors (Lipinski definition) is 0. The summed E-state index contributed by atoms with van der Waals surface area (Å²) in [6.45, 7) is 0. The first-order valence-electron chi connectivity index (χ1n) is 4.16. The summed E-state index contributed by atoms with van der Waals surface area (Å²) in [6, 6.07) is 0. The van der Waals surface area contributed by atoms with E-state index in [0.29, 0.717) is 12.7 Å². The molecule has 1 atom stereocenters. The summed E-state index contributed by atoms with van der Waals surface area (Å²) >= 11 is 0. The van der Waals surface area contributed by atoms with E-state index in [1.165, 1.54) is 7.11 Å². The van der Waals surface area contributed by atoms with Crippen LogP contribution in [-0.4, -0.2) is 31.4 Å². The third-order valence-corrected chi connectivity index (χ3v) is 1.77. The molecule has 0 saturated heterocycles. The van der Waals surface area contributed by atoms with Crippen molar-refractivity contribution in [3.8, 4) is 0 Å². The first-order valence-corrected chi connectivity index (χ1v) is 4.16. The zero-order valence-electron chi connectivity index (χ0n) is 7.89. The molecule has 0 N–H and O–H groups in total. The Hall–Kier alpha value is -1.52. The van der Waals surface area contributed by atoms with E-state index in [4.69, 9.17) is 0 Å². The second-order valence-corrected chi connectivity index (χ2v) is 2.73. The molecule has 0 rings (SSSR count). The second kappa shape index (κ2) is 6.94. The average molecular weight is 200 g/mol. The van der Waals surface area contributed by atoms with Crippen LogP contribution in [0.3, 0.4) is 0 Å².